The van der Waals surface area contributed by atoms with E-state index in [9.17, 15) is 14.4 Å². The molecule has 138 valence electrons. The van der Waals surface area contributed by atoms with Gasteiger partial charge in [0.2, 0.25) is 5.78 Å². The van der Waals surface area contributed by atoms with Crippen molar-refractivity contribution >= 4 is 17.5 Å². The van der Waals surface area contributed by atoms with E-state index in [2.05, 4.69) is 0 Å². The molecule has 1 aromatic carbocycles. The number of aryl methyl sites for hydroxylation is 3. The van der Waals surface area contributed by atoms with Crippen LogP contribution in [0.2, 0.25) is 0 Å². The lowest BCUT2D eigenvalue weighted by Crippen LogP contribution is -2.15. The Morgan fingerprint density at radius 1 is 0.923 bits per heavy atom. The van der Waals surface area contributed by atoms with Gasteiger partial charge in [-0.3, -0.25) is 14.4 Å². The van der Waals surface area contributed by atoms with E-state index in [1.54, 1.807) is 12.1 Å². The van der Waals surface area contributed by atoms with Gasteiger partial charge in [0, 0.05) is 36.0 Å². The van der Waals surface area contributed by atoms with Crippen LogP contribution in [0, 0.1) is 27.7 Å². The Hall–Kier alpha value is -2.69. The maximum absolute atomic E-state index is 12.2. The van der Waals surface area contributed by atoms with Gasteiger partial charge in [-0.15, -0.1) is 0 Å². The molecule has 1 heterocycles. The van der Waals surface area contributed by atoms with E-state index in [-0.39, 0.29) is 31.0 Å². The number of hydrogen-bond acceptors (Lipinski definition) is 4. The first-order valence-corrected chi connectivity index (χ1v) is 8.63. The minimum atomic E-state index is -0.541. The topological polar surface area (TPSA) is 65.4 Å². The first kappa shape index (κ1) is 19.6. The zero-order valence-corrected chi connectivity index (χ0v) is 16.0. The van der Waals surface area contributed by atoms with Gasteiger partial charge in [0.1, 0.15) is 0 Å². The van der Waals surface area contributed by atoms with Crippen LogP contribution in [0.4, 0.5) is 0 Å². The summed E-state index contributed by atoms with van der Waals surface area (Å²) in [6, 6.07) is 7.27. The highest BCUT2D eigenvalue weighted by molar-refractivity contribution is 6.00. The Bertz CT molecular complexity index is 861. The number of aromatic nitrogens is 1. The van der Waals surface area contributed by atoms with E-state index < -0.39 is 5.97 Å². The van der Waals surface area contributed by atoms with Crippen LogP contribution in [0.5, 0.6) is 0 Å². The van der Waals surface area contributed by atoms with Crippen molar-refractivity contribution in [1.82, 2.24) is 4.57 Å². The molecule has 0 unspecified atom stereocenters. The van der Waals surface area contributed by atoms with Crippen molar-refractivity contribution in [2.75, 3.05) is 6.61 Å². The molecule has 0 saturated heterocycles. The van der Waals surface area contributed by atoms with E-state index in [0.29, 0.717) is 11.1 Å². The van der Waals surface area contributed by atoms with Crippen molar-refractivity contribution in [3.63, 3.8) is 0 Å². The Morgan fingerprint density at radius 2 is 1.62 bits per heavy atom. The van der Waals surface area contributed by atoms with Gasteiger partial charge in [-0.25, -0.2) is 0 Å². The van der Waals surface area contributed by atoms with E-state index >= 15 is 0 Å². The summed E-state index contributed by atoms with van der Waals surface area (Å²) in [5, 5.41) is 0. The molecule has 5 heteroatoms. The Kier molecular flexibility index (Phi) is 6.14. The number of esters is 1. The molecule has 0 atom stereocenters. The fourth-order valence-corrected chi connectivity index (χ4v) is 2.71. The van der Waals surface area contributed by atoms with E-state index in [0.717, 1.165) is 22.5 Å². The number of ether oxygens (including phenoxy) is 1. The molecule has 0 aliphatic carbocycles. The minimum Gasteiger partial charge on any atom is -0.457 e. The molecule has 26 heavy (non-hydrogen) atoms. The van der Waals surface area contributed by atoms with Gasteiger partial charge in [0.05, 0.1) is 6.42 Å². The van der Waals surface area contributed by atoms with Crippen molar-refractivity contribution in [2.24, 2.45) is 7.05 Å². The first-order valence-electron chi connectivity index (χ1n) is 8.63. The number of nitrogens with zero attached hydrogens (tertiary/aromatic N) is 1. The third-order valence-electron chi connectivity index (χ3n) is 4.82. The van der Waals surface area contributed by atoms with Crippen molar-refractivity contribution in [2.45, 2.75) is 40.5 Å². The van der Waals surface area contributed by atoms with Gasteiger partial charge in [-0.2, -0.15) is 0 Å². The maximum Gasteiger partial charge on any atom is 0.306 e. The van der Waals surface area contributed by atoms with Gasteiger partial charge in [0.15, 0.2) is 12.4 Å². The van der Waals surface area contributed by atoms with Gasteiger partial charge < -0.3 is 9.30 Å². The van der Waals surface area contributed by atoms with Crippen LogP contribution < -0.4 is 0 Å². The lowest BCUT2D eigenvalue weighted by atomic mass is 10.0. The molecule has 0 bridgehead atoms. The summed E-state index contributed by atoms with van der Waals surface area (Å²) in [4.78, 5) is 36.2. The largest absolute Gasteiger partial charge is 0.457 e. The number of benzene rings is 1. The van der Waals surface area contributed by atoms with Crippen molar-refractivity contribution < 1.29 is 19.1 Å². The monoisotopic (exact) mass is 355 g/mol. The molecular weight excluding hydrogens is 330 g/mol. The predicted molar refractivity (Wildman–Crippen MR) is 99.7 cm³/mol. The maximum atomic E-state index is 12.2. The van der Waals surface area contributed by atoms with Crippen LogP contribution in [0.25, 0.3) is 0 Å². The quantitative estimate of drug-likeness (QED) is 0.562. The van der Waals surface area contributed by atoms with Crippen LogP contribution in [0.15, 0.2) is 24.3 Å². The zero-order chi connectivity index (χ0) is 19.4. The molecule has 2 rings (SSSR count). The van der Waals surface area contributed by atoms with E-state index in [1.165, 1.54) is 0 Å². The van der Waals surface area contributed by atoms with Crippen molar-refractivity contribution in [3.8, 4) is 0 Å². The molecule has 0 spiro atoms. The second-order valence-corrected chi connectivity index (χ2v) is 6.65. The molecule has 0 N–H and O–H groups in total. The van der Waals surface area contributed by atoms with Crippen molar-refractivity contribution in [3.05, 3.63) is 57.9 Å². The molecule has 5 nitrogen and oxygen atoms in total. The Balaban J connectivity index is 1.85. The molecule has 0 aliphatic rings. The lowest BCUT2D eigenvalue weighted by Gasteiger charge is -2.06. The standard InChI is InChI=1S/C21H25NO4/c1-13-6-7-17(10-14(13)2)19(23)8-9-21(25)26-12-20(24)18-11-15(3)22(5)16(18)4/h6-7,10-11H,8-9,12H2,1-5H3. The molecule has 1 aromatic heterocycles. The van der Waals surface area contributed by atoms with Gasteiger partial charge in [-0.05, 0) is 51.0 Å². The number of rotatable bonds is 7. The summed E-state index contributed by atoms with van der Waals surface area (Å²) in [6.07, 6.45) is 0.0326. The van der Waals surface area contributed by atoms with Crippen LogP contribution in [0.3, 0.4) is 0 Å². The second-order valence-electron chi connectivity index (χ2n) is 6.65. The highest BCUT2D eigenvalue weighted by atomic mass is 16.5. The summed E-state index contributed by atoms with van der Waals surface area (Å²) in [5.41, 5.74) is 5.12. The molecule has 0 amide bonds. The molecule has 0 radical (unpaired) electrons. The molecule has 0 saturated carbocycles. The number of Topliss-reactive ketones (excluding diaryl/α,β-unsaturated/α-hetero) is 2. The fourth-order valence-electron chi connectivity index (χ4n) is 2.71. The molecule has 0 fully saturated rings. The first-order chi connectivity index (χ1) is 12.2. The summed E-state index contributed by atoms with van der Waals surface area (Å²) in [5.74, 6) is -0.883. The number of carbonyl (C=O) groups is 3. The number of ketones is 2. The number of carbonyl (C=O) groups excluding carboxylic acids is 3. The van der Waals surface area contributed by atoms with E-state index in [1.807, 2.05) is 51.4 Å². The van der Waals surface area contributed by atoms with Crippen molar-refractivity contribution in [1.29, 1.82) is 0 Å². The molecule has 2 aromatic rings. The molecule has 0 aliphatic heterocycles. The van der Waals surface area contributed by atoms with Gasteiger partial charge >= 0.3 is 5.97 Å². The van der Waals surface area contributed by atoms with Crippen LogP contribution in [0.1, 0.15) is 56.1 Å². The highest BCUT2D eigenvalue weighted by Crippen LogP contribution is 2.15. The van der Waals surface area contributed by atoms with E-state index in [4.69, 9.17) is 4.74 Å². The Labute approximate surface area is 154 Å². The third kappa shape index (κ3) is 4.48. The summed E-state index contributed by atoms with van der Waals surface area (Å²) >= 11 is 0. The van der Waals surface area contributed by atoms with Gasteiger partial charge in [-0.1, -0.05) is 12.1 Å². The summed E-state index contributed by atoms with van der Waals surface area (Å²) in [7, 11) is 1.88. The Morgan fingerprint density at radius 3 is 2.19 bits per heavy atom. The lowest BCUT2D eigenvalue weighted by molar-refractivity contribution is -0.142. The smallest absolute Gasteiger partial charge is 0.306 e. The normalized spacial score (nSPS) is 10.7. The predicted octanol–water partition coefficient (Wildman–Crippen LogP) is 3.65. The molecular formula is C21H25NO4. The minimum absolute atomic E-state index is 0.0359. The summed E-state index contributed by atoms with van der Waals surface area (Å²) < 4.78 is 6.96. The fraction of sp³-hybridized carbons (Fsp3) is 0.381. The average molecular weight is 355 g/mol. The average Bonchev–Trinajstić information content (AvgIpc) is 2.87. The van der Waals surface area contributed by atoms with Crippen LogP contribution in [-0.2, 0) is 16.6 Å². The van der Waals surface area contributed by atoms with Crippen LogP contribution in [-0.4, -0.2) is 28.7 Å². The van der Waals surface area contributed by atoms with Gasteiger partial charge in [0.25, 0.3) is 0 Å². The zero-order valence-electron chi connectivity index (χ0n) is 16.0. The SMILES string of the molecule is Cc1ccc(C(=O)CCC(=O)OCC(=O)c2cc(C)n(C)c2C)cc1C. The number of hydrogen-bond donors (Lipinski definition) is 0. The highest BCUT2D eigenvalue weighted by Gasteiger charge is 2.17. The third-order valence-corrected chi connectivity index (χ3v) is 4.82. The second kappa shape index (κ2) is 8.13. The summed E-state index contributed by atoms with van der Waals surface area (Å²) in [6.45, 7) is 7.38. The van der Waals surface area contributed by atoms with Crippen LogP contribution >= 0.6 is 0 Å².